The van der Waals surface area contributed by atoms with Gasteiger partial charge >= 0.3 is 0 Å². The smallest absolute Gasteiger partial charge is 0.0689 e. The number of halogens is 1. The average Bonchev–Trinajstić information content (AvgIpc) is 2.78. The van der Waals surface area contributed by atoms with Gasteiger partial charge in [-0.2, -0.15) is 5.10 Å². The third-order valence-corrected chi connectivity index (χ3v) is 5.27. The Balaban J connectivity index is 1.91. The van der Waals surface area contributed by atoms with Crippen molar-refractivity contribution in [2.45, 2.75) is 30.8 Å². The molecule has 2 rings (SSSR count). The van der Waals surface area contributed by atoms with Gasteiger partial charge in [0.15, 0.2) is 0 Å². The topological polar surface area (TPSA) is 38.0 Å². The summed E-state index contributed by atoms with van der Waals surface area (Å²) in [6, 6.07) is 10.1. The minimum atomic E-state index is -0.368. The number of hydrogen-bond acceptors (Lipinski definition) is 3. The van der Waals surface area contributed by atoms with E-state index in [0.717, 1.165) is 27.2 Å². The number of rotatable bonds is 6. The zero-order chi connectivity index (χ0) is 14.5. The van der Waals surface area contributed by atoms with Crippen LogP contribution in [-0.2, 0) is 19.9 Å². The summed E-state index contributed by atoms with van der Waals surface area (Å²) in [5.74, 6) is 0.676. The zero-order valence-corrected chi connectivity index (χ0v) is 14.1. The molecule has 0 fully saturated rings. The van der Waals surface area contributed by atoms with Crippen LogP contribution in [0.5, 0.6) is 0 Å². The van der Waals surface area contributed by atoms with Crippen molar-refractivity contribution in [1.82, 2.24) is 9.78 Å². The van der Waals surface area contributed by atoms with Gasteiger partial charge in [-0.05, 0) is 40.5 Å². The van der Waals surface area contributed by atoms with Gasteiger partial charge in [-0.3, -0.25) is 4.68 Å². The average molecular weight is 355 g/mol. The van der Waals surface area contributed by atoms with Gasteiger partial charge in [0.05, 0.1) is 11.8 Å². The minimum absolute atomic E-state index is 0.368. The Morgan fingerprint density at radius 2 is 2.15 bits per heavy atom. The van der Waals surface area contributed by atoms with E-state index in [0.29, 0.717) is 12.2 Å². The molecule has 0 amide bonds. The molecule has 1 atom stereocenters. The zero-order valence-electron chi connectivity index (χ0n) is 11.7. The van der Waals surface area contributed by atoms with Crippen LogP contribution in [0.3, 0.4) is 0 Å². The van der Waals surface area contributed by atoms with Gasteiger partial charge in [-0.1, -0.05) is 19.1 Å². The number of nitrogens with zero attached hydrogens (tertiary/aromatic N) is 2. The van der Waals surface area contributed by atoms with Crippen molar-refractivity contribution in [3.05, 3.63) is 46.2 Å². The lowest BCUT2D eigenvalue weighted by atomic mass is 10.2. The van der Waals surface area contributed by atoms with Crippen LogP contribution in [0.4, 0.5) is 0 Å². The SMILES string of the molecule is CCc1cc(CC(O)CSc2ccccc2Br)n(C)n1. The van der Waals surface area contributed by atoms with Crippen molar-refractivity contribution < 1.29 is 5.11 Å². The van der Waals surface area contributed by atoms with Crippen LogP contribution in [0.1, 0.15) is 18.3 Å². The Hall–Kier alpha value is -0.780. The molecule has 0 aliphatic heterocycles. The number of aliphatic hydroxyl groups is 1. The molecule has 1 heterocycles. The highest BCUT2D eigenvalue weighted by molar-refractivity contribution is 9.10. The summed E-state index contributed by atoms with van der Waals surface area (Å²) in [4.78, 5) is 1.16. The van der Waals surface area contributed by atoms with Crippen molar-refractivity contribution in [1.29, 1.82) is 0 Å². The van der Waals surface area contributed by atoms with Gasteiger partial charge in [0, 0.05) is 34.3 Å². The van der Waals surface area contributed by atoms with Crippen LogP contribution in [-0.4, -0.2) is 26.7 Å². The van der Waals surface area contributed by atoms with Gasteiger partial charge in [0.1, 0.15) is 0 Å². The van der Waals surface area contributed by atoms with Gasteiger partial charge in [-0.25, -0.2) is 0 Å². The maximum atomic E-state index is 10.2. The molecule has 0 saturated heterocycles. The molecule has 0 aliphatic carbocycles. The summed E-state index contributed by atoms with van der Waals surface area (Å²) in [7, 11) is 1.93. The number of benzene rings is 1. The van der Waals surface area contributed by atoms with E-state index in [2.05, 4.69) is 40.1 Å². The van der Waals surface area contributed by atoms with Crippen molar-refractivity contribution >= 4 is 27.7 Å². The van der Waals surface area contributed by atoms with E-state index in [1.54, 1.807) is 11.8 Å². The number of aryl methyl sites for hydroxylation is 2. The monoisotopic (exact) mass is 354 g/mol. The van der Waals surface area contributed by atoms with Crippen LogP contribution in [0.2, 0.25) is 0 Å². The summed E-state index contributed by atoms with van der Waals surface area (Å²) < 4.78 is 2.94. The second kappa shape index (κ2) is 7.29. The quantitative estimate of drug-likeness (QED) is 0.807. The highest BCUT2D eigenvalue weighted by Gasteiger charge is 2.11. The fourth-order valence-corrected chi connectivity index (χ4v) is 3.48. The van der Waals surface area contributed by atoms with Crippen LogP contribution < -0.4 is 0 Å². The van der Waals surface area contributed by atoms with Crippen molar-refractivity contribution in [3.63, 3.8) is 0 Å². The molecule has 108 valence electrons. The van der Waals surface area contributed by atoms with E-state index in [4.69, 9.17) is 0 Å². The summed E-state index contributed by atoms with van der Waals surface area (Å²) >= 11 is 5.19. The minimum Gasteiger partial charge on any atom is -0.392 e. The molecule has 20 heavy (non-hydrogen) atoms. The first-order valence-electron chi connectivity index (χ1n) is 6.67. The van der Waals surface area contributed by atoms with Crippen LogP contribution in [0.15, 0.2) is 39.7 Å². The van der Waals surface area contributed by atoms with Crippen LogP contribution in [0.25, 0.3) is 0 Å². The Morgan fingerprint density at radius 1 is 1.40 bits per heavy atom. The lowest BCUT2D eigenvalue weighted by Crippen LogP contribution is -2.15. The Bertz CT molecular complexity index is 571. The maximum absolute atomic E-state index is 10.2. The highest BCUT2D eigenvalue weighted by Crippen LogP contribution is 2.27. The number of hydrogen-bond donors (Lipinski definition) is 1. The summed E-state index contributed by atoms with van der Waals surface area (Å²) in [6.07, 6.45) is 1.20. The Kier molecular flexibility index (Phi) is 5.69. The number of aliphatic hydroxyl groups excluding tert-OH is 1. The van der Waals surface area contributed by atoms with Crippen molar-refractivity contribution in [2.24, 2.45) is 7.05 Å². The third-order valence-electron chi connectivity index (χ3n) is 3.10. The van der Waals surface area contributed by atoms with Crippen LogP contribution in [0, 0.1) is 0 Å². The molecule has 0 spiro atoms. The van der Waals surface area contributed by atoms with Gasteiger partial charge in [0.2, 0.25) is 0 Å². The standard InChI is InChI=1S/C15H19BrN2OS/c1-3-11-8-12(18(2)17-11)9-13(19)10-20-15-7-5-4-6-14(15)16/h4-8,13,19H,3,9-10H2,1-2H3. The lowest BCUT2D eigenvalue weighted by Gasteiger charge is -2.11. The molecule has 1 unspecified atom stereocenters. The molecule has 0 bridgehead atoms. The predicted octanol–water partition coefficient (Wildman–Crippen LogP) is 3.44. The second-order valence-electron chi connectivity index (χ2n) is 4.70. The van der Waals surface area contributed by atoms with Crippen molar-refractivity contribution in [3.8, 4) is 0 Å². The Labute approximate surface area is 132 Å². The maximum Gasteiger partial charge on any atom is 0.0689 e. The highest BCUT2D eigenvalue weighted by atomic mass is 79.9. The first-order chi connectivity index (χ1) is 9.60. The largest absolute Gasteiger partial charge is 0.392 e. The van der Waals surface area contributed by atoms with E-state index in [9.17, 15) is 5.11 Å². The normalized spacial score (nSPS) is 12.6. The molecule has 0 radical (unpaired) electrons. The number of aromatic nitrogens is 2. The second-order valence-corrected chi connectivity index (χ2v) is 6.62. The van der Waals surface area contributed by atoms with Gasteiger partial charge < -0.3 is 5.11 Å². The molecule has 1 N–H and O–H groups in total. The predicted molar refractivity (Wildman–Crippen MR) is 87.2 cm³/mol. The molecule has 2 aromatic rings. The third kappa shape index (κ3) is 4.11. The lowest BCUT2D eigenvalue weighted by molar-refractivity contribution is 0.197. The fraction of sp³-hybridized carbons (Fsp3) is 0.400. The molecule has 1 aromatic carbocycles. The van der Waals surface area contributed by atoms with E-state index >= 15 is 0 Å². The summed E-state index contributed by atoms with van der Waals surface area (Å²) in [5, 5.41) is 14.6. The van der Waals surface area contributed by atoms with E-state index in [1.807, 2.05) is 29.9 Å². The first kappa shape index (κ1) is 15.6. The Morgan fingerprint density at radius 3 is 2.80 bits per heavy atom. The molecule has 1 aromatic heterocycles. The molecular weight excluding hydrogens is 336 g/mol. The number of thioether (sulfide) groups is 1. The molecule has 5 heteroatoms. The van der Waals surface area contributed by atoms with Gasteiger partial charge in [0.25, 0.3) is 0 Å². The van der Waals surface area contributed by atoms with E-state index < -0.39 is 0 Å². The van der Waals surface area contributed by atoms with Crippen molar-refractivity contribution in [2.75, 3.05) is 5.75 Å². The molecule has 0 saturated carbocycles. The van der Waals surface area contributed by atoms with E-state index in [-0.39, 0.29) is 6.10 Å². The van der Waals surface area contributed by atoms with Gasteiger partial charge in [-0.15, -0.1) is 11.8 Å². The molecule has 3 nitrogen and oxygen atoms in total. The van der Waals surface area contributed by atoms with Crippen LogP contribution >= 0.6 is 27.7 Å². The first-order valence-corrected chi connectivity index (χ1v) is 8.45. The summed E-state index contributed by atoms with van der Waals surface area (Å²) in [6.45, 7) is 2.09. The molecule has 0 aliphatic rings. The fourth-order valence-electron chi connectivity index (χ4n) is 1.98. The van der Waals surface area contributed by atoms with E-state index in [1.165, 1.54) is 0 Å². The summed E-state index contributed by atoms with van der Waals surface area (Å²) in [5.41, 5.74) is 2.16. The molecular formula is C15H19BrN2OS.